The lowest BCUT2D eigenvalue weighted by Gasteiger charge is -2.34. The fourth-order valence-electron chi connectivity index (χ4n) is 2.30. The van der Waals surface area contributed by atoms with E-state index >= 15 is 0 Å². The van der Waals surface area contributed by atoms with E-state index < -0.39 is 23.2 Å². The van der Waals surface area contributed by atoms with E-state index in [9.17, 15) is 17.2 Å². The summed E-state index contributed by atoms with van der Waals surface area (Å²) in [6, 6.07) is -0.0572. The van der Waals surface area contributed by atoms with Gasteiger partial charge < -0.3 is 10.1 Å². The average Bonchev–Trinajstić information content (AvgIpc) is 2.44. The zero-order chi connectivity index (χ0) is 15.7. The molecule has 21 heavy (non-hydrogen) atoms. The van der Waals surface area contributed by atoms with Gasteiger partial charge in [0, 0.05) is 25.7 Å². The zero-order valence-electron chi connectivity index (χ0n) is 12.4. The topological polar surface area (TPSA) is 70.7 Å². The minimum atomic E-state index is -3.59. The normalized spacial score (nSPS) is 21.0. The summed E-state index contributed by atoms with van der Waals surface area (Å²) in [7, 11) is -3.59. The van der Waals surface area contributed by atoms with E-state index in [2.05, 4.69) is 14.8 Å². The van der Waals surface area contributed by atoms with E-state index in [1.165, 1.54) is 4.31 Å². The van der Waals surface area contributed by atoms with Crippen molar-refractivity contribution in [1.29, 1.82) is 0 Å². The number of halogens is 2. The minimum absolute atomic E-state index is 0.000516. The number of nitrogens with one attached hydrogen (secondary N) is 2. The van der Waals surface area contributed by atoms with Crippen LogP contribution in [-0.4, -0.2) is 64.6 Å². The standard InChI is InChI=1S/C12H25F2N3O3S/c1-2-15-9-11-5-3-4-7-17(11)21(18,19)16-6-8-20-10-12(13)14/h11-12,15-16H,2-10H2,1H3. The summed E-state index contributed by atoms with van der Waals surface area (Å²) >= 11 is 0. The second-order valence-corrected chi connectivity index (χ2v) is 6.64. The Hall–Kier alpha value is -0.350. The molecule has 1 saturated heterocycles. The molecule has 1 fully saturated rings. The van der Waals surface area contributed by atoms with Crippen molar-refractivity contribution in [2.45, 2.75) is 38.7 Å². The molecular weight excluding hydrogens is 304 g/mol. The summed E-state index contributed by atoms with van der Waals surface area (Å²) in [5.41, 5.74) is 0. The molecule has 0 bridgehead atoms. The van der Waals surface area contributed by atoms with Gasteiger partial charge in [0.15, 0.2) is 0 Å². The van der Waals surface area contributed by atoms with Gasteiger partial charge >= 0.3 is 0 Å². The lowest BCUT2D eigenvalue weighted by atomic mass is 10.1. The van der Waals surface area contributed by atoms with Gasteiger partial charge in [-0.2, -0.15) is 17.4 Å². The van der Waals surface area contributed by atoms with Crippen molar-refractivity contribution >= 4 is 10.2 Å². The number of nitrogens with zero attached hydrogens (tertiary/aromatic N) is 1. The van der Waals surface area contributed by atoms with Crippen LogP contribution in [0, 0.1) is 0 Å². The predicted octanol–water partition coefficient (Wildman–Crippen LogP) is 0.567. The second kappa shape index (κ2) is 9.62. The third kappa shape index (κ3) is 6.96. The van der Waals surface area contributed by atoms with Crippen LogP contribution in [0.2, 0.25) is 0 Å². The average molecular weight is 329 g/mol. The Morgan fingerprint density at radius 3 is 2.81 bits per heavy atom. The van der Waals surface area contributed by atoms with Crippen LogP contribution in [0.15, 0.2) is 0 Å². The van der Waals surface area contributed by atoms with Crippen LogP contribution in [0.5, 0.6) is 0 Å². The quantitative estimate of drug-likeness (QED) is 0.575. The van der Waals surface area contributed by atoms with Crippen molar-refractivity contribution in [1.82, 2.24) is 14.3 Å². The predicted molar refractivity (Wildman–Crippen MR) is 76.6 cm³/mol. The number of likely N-dealkylation sites (N-methyl/N-ethyl adjacent to an activating group) is 1. The van der Waals surface area contributed by atoms with Gasteiger partial charge in [-0.15, -0.1) is 0 Å². The van der Waals surface area contributed by atoms with Crippen LogP contribution >= 0.6 is 0 Å². The van der Waals surface area contributed by atoms with Crippen molar-refractivity contribution in [2.75, 3.05) is 39.4 Å². The Morgan fingerprint density at radius 1 is 1.38 bits per heavy atom. The molecule has 2 N–H and O–H groups in total. The third-order valence-corrected chi connectivity index (χ3v) is 4.95. The summed E-state index contributed by atoms with van der Waals surface area (Å²) in [6.07, 6.45) is 0.147. The summed E-state index contributed by atoms with van der Waals surface area (Å²) < 4.78 is 56.8. The molecule has 0 aromatic heterocycles. The lowest BCUT2D eigenvalue weighted by molar-refractivity contribution is 0.0198. The SMILES string of the molecule is CCNCC1CCCCN1S(=O)(=O)NCCOCC(F)F. The van der Waals surface area contributed by atoms with Gasteiger partial charge in [0.25, 0.3) is 16.6 Å². The highest BCUT2D eigenvalue weighted by Crippen LogP contribution is 2.19. The maximum atomic E-state index is 12.2. The Kier molecular flexibility index (Phi) is 8.57. The van der Waals surface area contributed by atoms with Crippen molar-refractivity contribution in [2.24, 2.45) is 0 Å². The molecular formula is C12H25F2N3O3S. The minimum Gasteiger partial charge on any atom is -0.374 e. The first-order valence-corrected chi connectivity index (χ1v) is 8.74. The van der Waals surface area contributed by atoms with Gasteiger partial charge in [0.1, 0.15) is 6.61 Å². The Bertz CT molecular complexity index is 382. The van der Waals surface area contributed by atoms with E-state index in [4.69, 9.17) is 0 Å². The van der Waals surface area contributed by atoms with Gasteiger partial charge in [-0.05, 0) is 19.4 Å². The molecule has 1 aliphatic heterocycles. The number of rotatable bonds is 10. The van der Waals surface area contributed by atoms with Crippen LogP contribution in [-0.2, 0) is 14.9 Å². The molecule has 0 amide bonds. The third-order valence-electron chi connectivity index (χ3n) is 3.29. The van der Waals surface area contributed by atoms with E-state index in [1.807, 2.05) is 6.92 Å². The summed E-state index contributed by atoms with van der Waals surface area (Å²) in [5.74, 6) is 0. The highest BCUT2D eigenvalue weighted by atomic mass is 32.2. The fourth-order valence-corrected chi connectivity index (χ4v) is 3.75. The van der Waals surface area contributed by atoms with E-state index in [-0.39, 0.29) is 19.2 Å². The van der Waals surface area contributed by atoms with Crippen LogP contribution in [0.1, 0.15) is 26.2 Å². The maximum Gasteiger partial charge on any atom is 0.279 e. The second-order valence-electron chi connectivity index (χ2n) is 4.93. The number of alkyl halides is 2. The number of hydrogen-bond donors (Lipinski definition) is 2. The number of hydrogen-bond acceptors (Lipinski definition) is 4. The maximum absolute atomic E-state index is 12.2. The van der Waals surface area contributed by atoms with Crippen LogP contribution in [0.3, 0.4) is 0 Å². The highest BCUT2D eigenvalue weighted by molar-refractivity contribution is 7.87. The molecule has 0 aliphatic carbocycles. The van der Waals surface area contributed by atoms with Crippen LogP contribution in [0.25, 0.3) is 0 Å². The van der Waals surface area contributed by atoms with E-state index in [0.29, 0.717) is 13.1 Å². The summed E-state index contributed by atoms with van der Waals surface area (Å²) in [6.45, 7) is 3.14. The summed E-state index contributed by atoms with van der Waals surface area (Å²) in [4.78, 5) is 0. The molecule has 126 valence electrons. The molecule has 0 aromatic rings. The first-order chi connectivity index (χ1) is 9.97. The summed E-state index contributed by atoms with van der Waals surface area (Å²) in [5, 5.41) is 3.17. The van der Waals surface area contributed by atoms with E-state index in [0.717, 1.165) is 25.8 Å². The van der Waals surface area contributed by atoms with Gasteiger partial charge in [0.2, 0.25) is 0 Å². The molecule has 9 heteroatoms. The van der Waals surface area contributed by atoms with E-state index in [1.54, 1.807) is 0 Å². The van der Waals surface area contributed by atoms with Gasteiger partial charge in [-0.3, -0.25) is 0 Å². The molecule has 1 atom stereocenters. The largest absolute Gasteiger partial charge is 0.374 e. The highest BCUT2D eigenvalue weighted by Gasteiger charge is 2.31. The van der Waals surface area contributed by atoms with Crippen LogP contribution in [0.4, 0.5) is 8.78 Å². The lowest BCUT2D eigenvalue weighted by Crippen LogP contribution is -2.52. The fraction of sp³-hybridized carbons (Fsp3) is 1.00. The molecule has 1 unspecified atom stereocenters. The number of piperidine rings is 1. The van der Waals surface area contributed by atoms with Crippen LogP contribution < -0.4 is 10.0 Å². The zero-order valence-corrected chi connectivity index (χ0v) is 13.2. The van der Waals surface area contributed by atoms with Gasteiger partial charge in [-0.1, -0.05) is 13.3 Å². The molecule has 1 aliphatic rings. The van der Waals surface area contributed by atoms with Crippen molar-refractivity contribution in [3.8, 4) is 0 Å². The Morgan fingerprint density at radius 2 is 2.14 bits per heavy atom. The molecule has 0 aromatic carbocycles. The van der Waals surface area contributed by atoms with Crippen molar-refractivity contribution in [3.63, 3.8) is 0 Å². The number of ether oxygens (including phenoxy) is 1. The van der Waals surface area contributed by atoms with Gasteiger partial charge in [-0.25, -0.2) is 8.78 Å². The molecule has 0 saturated carbocycles. The molecule has 0 spiro atoms. The first-order valence-electron chi connectivity index (χ1n) is 7.30. The molecule has 0 radical (unpaired) electrons. The monoisotopic (exact) mass is 329 g/mol. The van der Waals surface area contributed by atoms with Gasteiger partial charge in [0.05, 0.1) is 6.61 Å². The molecule has 6 nitrogen and oxygen atoms in total. The Balaban J connectivity index is 2.42. The molecule has 1 heterocycles. The Labute approximate surface area is 125 Å². The smallest absolute Gasteiger partial charge is 0.279 e. The van der Waals surface area contributed by atoms with Crippen molar-refractivity contribution < 1.29 is 21.9 Å². The van der Waals surface area contributed by atoms with Crippen molar-refractivity contribution in [3.05, 3.63) is 0 Å². The first kappa shape index (κ1) is 18.7. The molecule has 1 rings (SSSR count).